The van der Waals surface area contributed by atoms with Gasteiger partial charge in [-0.1, -0.05) is 36.4 Å². The number of benzene rings is 3. The third-order valence-electron chi connectivity index (χ3n) is 5.85. The van der Waals surface area contributed by atoms with Crippen molar-refractivity contribution < 1.29 is 0 Å². The van der Waals surface area contributed by atoms with Crippen LogP contribution >= 0.6 is 0 Å². The highest BCUT2D eigenvalue weighted by atomic mass is 14.6. The van der Waals surface area contributed by atoms with Gasteiger partial charge in [-0.2, -0.15) is 0 Å². The van der Waals surface area contributed by atoms with Crippen molar-refractivity contribution in [3.05, 3.63) is 86.5 Å². The molecule has 3 aromatic carbocycles. The summed E-state index contributed by atoms with van der Waals surface area (Å²) in [7, 11) is 0. The molecule has 146 valence electrons. The van der Waals surface area contributed by atoms with Crippen molar-refractivity contribution in [1.29, 1.82) is 0 Å². The average Bonchev–Trinajstić information content (AvgIpc) is 2.62. The Morgan fingerprint density at radius 3 is 0.786 bits per heavy atom. The van der Waals surface area contributed by atoms with Gasteiger partial charge in [0.1, 0.15) is 0 Å². The lowest BCUT2D eigenvalue weighted by atomic mass is 9.81. The molecule has 0 aliphatic heterocycles. The Morgan fingerprint density at radius 2 is 0.607 bits per heavy atom. The lowest BCUT2D eigenvalue weighted by molar-refractivity contribution is 0.961. The van der Waals surface area contributed by atoms with Crippen LogP contribution in [0.4, 0.5) is 17.1 Å². The first-order chi connectivity index (χ1) is 13.1. The van der Waals surface area contributed by atoms with Crippen LogP contribution in [0.1, 0.15) is 56.0 Å². The molecule has 0 amide bonds. The maximum Gasteiger partial charge on any atom is 0.0373 e. The summed E-state index contributed by atoms with van der Waals surface area (Å²) in [5.41, 5.74) is 31.6. The highest BCUT2D eigenvalue weighted by Gasteiger charge is 2.21. The summed E-state index contributed by atoms with van der Waals surface area (Å²) >= 11 is 0. The quantitative estimate of drug-likeness (QED) is 0.421. The van der Waals surface area contributed by atoms with Crippen LogP contribution in [0, 0.1) is 41.5 Å². The lowest BCUT2D eigenvalue weighted by Gasteiger charge is -2.24. The number of nitrogens with two attached hydrogens (primary N) is 3. The first-order valence-corrected chi connectivity index (χ1v) is 9.70. The summed E-state index contributed by atoms with van der Waals surface area (Å²) in [6.07, 6.45) is 0. The van der Waals surface area contributed by atoms with E-state index in [-0.39, 0.29) is 5.92 Å². The van der Waals surface area contributed by atoms with Crippen molar-refractivity contribution in [3.63, 3.8) is 0 Å². The first-order valence-electron chi connectivity index (χ1n) is 9.70. The maximum atomic E-state index is 6.23. The number of nitrogen functional groups attached to an aromatic ring is 3. The predicted molar refractivity (Wildman–Crippen MR) is 122 cm³/mol. The molecule has 0 fully saturated rings. The molecule has 0 aliphatic carbocycles. The molecule has 3 nitrogen and oxygen atoms in total. The summed E-state index contributed by atoms with van der Waals surface area (Å²) in [6.45, 7) is 12.4. The zero-order chi connectivity index (χ0) is 20.7. The molecule has 0 atom stereocenters. The van der Waals surface area contributed by atoms with Crippen molar-refractivity contribution in [2.75, 3.05) is 17.2 Å². The molecule has 0 heterocycles. The highest BCUT2D eigenvalue weighted by Crippen LogP contribution is 2.38. The minimum atomic E-state index is 0.0917. The van der Waals surface area contributed by atoms with Gasteiger partial charge in [-0.3, -0.25) is 0 Å². The van der Waals surface area contributed by atoms with E-state index in [0.29, 0.717) is 0 Å². The normalized spacial score (nSPS) is 11.2. The van der Waals surface area contributed by atoms with Gasteiger partial charge in [-0.05, 0) is 91.6 Å². The summed E-state index contributed by atoms with van der Waals surface area (Å²) in [5, 5.41) is 0. The third-order valence-corrected chi connectivity index (χ3v) is 5.85. The van der Waals surface area contributed by atoms with Gasteiger partial charge >= 0.3 is 0 Å². The van der Waals surface area contributed by atoms with Crippen LogP contribution in [-0.4, -0.2) is 0 Å². The molecule has 0 bridgehead atoms. The van der Waals surface area contributed by atoms with E-state index in [2.05, 4.69) is 77.9 Å². The van der Waals surface area contributed by atoms with E-state index in [1.165, 1.54) is 16.7 Å². The van der Waals surface area contributed by atoms with E-state index in [1.807, 2.05) is 0 Å². The topological polar surface area (TPSA) is 78.1 Å². The minimum Gasteiger partial charge on any atom is -0.398 e. The number of hydrogen-bond acceptors (Lipinski definition) is 3. The van der Waals surface area contributed by atoms with Gasteiger partial charge in [0.05, 0.1) is 0 Å². The van der Waals surface area contributed by atoms with Crippen LogP contribution in [0.25, 0.3) is 0 Å². The predicted octanol–water partition coefficient (Wildman–Crippen LogP) is 5.46. The van der Waals surface area contributed by atoms with Gasteiger partial charge in [-0.15, -0.1) is 0 Å². The van der Waals surface area contributed by atoms with Gasteiger partial charge in [0.25, 0.3) is 0 Å². The van der Waals surface area contributed by atoms with E-state index >= 15 is 0 Å². The maximum absolute atomic E-state index is 6.23. The van der Waals surface area contributed by atoms with Crippen LogP contribution in [0.5, 0.6) is 0 Å². The summed E-state index contributed by atoms with van der Waals surface area (Å²) in [4.78, 5) is 0. The van der Waals surface area contributed by atoms with E-state index < -0.39 is 0 Å². The molecule has 3 rings (SSSR count). The Hall–Kier alpha value is -2.94. The fourth-order valence-corrected chi connectivity index (χ4v) is 4.10. The molecule has 6 N–H and O–H groups in total. The average molecular weight is 374 g/mol. The van der Waals surface area contributed by atoms with E-state index in [9.17, 15) is 0 Å². The number of rotatable bonds is 3. The molecule has 0 spiro atoms. The van der Waals surface area contributed by atoms with Crippen molar-refractivity contribution in [2.24, 2.45) is 0 Å². The minimum absolute atomic E-state index is 0.0917. The monoisotopic (exact) mass is 373 g/mol. The molecule has 0 saturated carbocycles. The molecule has 28 heavy (non-hydrogen) atoms. The molecule has 0 aliphatic rings. The second kappa shape index (κ2) is 7.23. The fourth-order valence-electron chi connectivity index (χ4n) is 4.10. The van der Waals surface area contributed by atoms with Crippen LogP contribution in [0.15, 0.2) is 36.4 Å². The van der Waals surface area contributed by atoms with Crippen molar-refractivity contribution >= 4 is 17.1 Å². The number of anilines is 3. The Labute approximate surface area is 168 Å². The SMILES string of the molecule is Cc1cc(C(c2cc(C)c(N)c(C)c2)c2cc(C)c(N)c(C)c2)cc(C)c1N. The lowest BCUT2D eigenvalue weighted by Crippen LogP contribution is -2.09. The molecular formula is C25H31N3. The molecular weight excluding hydrogens is 342 g/mol. The van der Waals surface area contributed by atoms with Gasteiger partial charge in [0, 0.05) is 23.0 Å². The van der Waals surface area contributed by atoms with Crippen LogP contribution in [0.2, 0.25) is 0 Å². The summed E-state index contributed by atoms with van der Waals surface area (Å²) in [6, 6.07) is 13.2. The Kier molecular flexibility index (Phi) is 5.12. The zero-order valence-corrected chi connectivity index (χ0v) is 17.8. The van der Waals surface area contributed by atoms with E-state index in [1.54, 1.807) is 0 Å². The number of aryl methyl sites for hydroxylation is 6. The second-order valence-electron chi connectivity index (χ2n) is 8.14. The van der Waals surface area contributed by atoms with Gasteiger partial charge in [0.2, 0.25) is 0 Å². The van der Waals surface area contributed by atoms with Gasteiger partial charge < -0.3 is 17.2 Å². The third kappa shape index (κ3) is 3.45. The fraction of sp³-hybridized carbons (Fsp3) is 0.280. The smallest absolute Gasteiger partial charge is 0.0373 e. The van der Waals surface area contributed by atoms with Crippen molar-refractivity contribution in [2.45, 2.75) is 47.5 Å². The zero-order valence-electron chi connectivity index (χ0n) is 17.8. The van der Waals surface area contributed by atoms with Crippen LogP contribution < -0.4 is 17.2 Å². The van der Waals surface area contributed by atoms with Crippen molar-refractivity contribution in [3.8, 4) is 0 Å². The van der Waals surface area contributed by atoms with Gasteiger partial charge in [0.15, 0.2) is 0 Å². The van der Waals surface area contributed by atoms with Crippen LogP contribution in [0.3, 0.4) is 0 Å². The molecule has 0 radical (unpaired) electrons. The highest BCUT2D eigenvalue weighted by molar-refractivity contribution is 5.62. The van der Waals surface area contributed by atoms with Crippen LogP contribution in [-0.2, 0) is 0 Å². The van der Waals surface area contributed by atoms with E-state index in [4.69, 9.17) is 17.2 Å². The Bertz CT molecular complexity index is 858. The number of hydrogen-bond donors (Lipinski definition) is 3. The molecule has 0 saturated heterocycles. The second-order valence-corrected chi connectivity index (χ2v) is 8.14. The Morgan fingerprint density at radius 1 is 0.429 bits per heavy atom. The molecule has 3 heteroatoms. The molecule has 3 aromatic rings. The Balaban J connectivity index is 2.32. The largest absolute Gasteiger partial charge is 0.398 e. The molecule has 0 aromatic heterocycles. The first kappa shape index (κ1) is 19.8. The van der Waals surface area contributed by atoms with E-state index in [0.717, 1.165) is 50.4 Å². The van der Waals surface area contributed by atoms with Crippen molar-refractivity contribution in [1.82, 2.24) is 0 Å². The summed E-state index contributed by atoms with van der Waals surface area (Å²) < 4.78 is 0. The molecule has 0 unspecified atom stereocenters. The standard InChI is InChI=1S/C25H31N3/c1-13-7-19(8-14(2)23(13)26)22(20-9-15(3)24(27)16(4)10-20)21-11-17(5)25(28)18(6)12-21/h7-12,22H,26-28H2,1-6H3. The summed E-state index contributed by atoms with van der Waals surface area (Å²) in [5.74, 6) is 0.0917. The van der Waals surface area contributed by atoms with Gasteiger partial charge in [-0.25, -0.2) is 0 Å².